The minimum Gasteiger partial charge on any atom is -0.495 e. The first-order valence-corrected chi connectivity index (χ1v) is 6.42. The van der Waals surface area contributed by atoms with E-state index in [4.69, 9.17) is 17.0 Å². The van der Waals surface area contributed by atoms with Crippen molar-refractivity contribution in [3.8, 4) is 5.75 Å². The van der Waals surface area contributed by atoms with Crippen LogP contribution in [0.3, 0.4) is 0 Å². The molecule has 18 heavy (non-hydrogen) atoms. The summed E-state index contributed by atoms with van der Waals surface area (Å²) in [7, 11) is 5.88. The van der Waals surface area contributed by atoms with E-state index in [1.165, 1.54) is 10.5 Å². The summed E-state index contributed by atoms with van der Waals surface area (Å²) < 4.78 is 5.29. The minimum atomic E-state index is 0.625. The number of benzene rings is 1. The van der Waals surface area contributed by atoms with Gasteiger partial charge in [-0.15, -0.1) is 0 Å². The lowest BCUT2D eigenvalue weighted by Gasteiger charge is -2.14. The number of ether oxygens (including phenoxy) is 1. The lowest BCUT2D eigenvalue weighted by atomic mass is 10.2. The van der Waals surface area contributed by atoms with E-state index in [1.807, 2.05) is 25.1 Å². The van der Waals surface area contributed by atoms with E-state index in [1.54, 1.807) is 7.11 Å². The van der Waals surface area contributed by atoms with E-state index in [9.17, 15) is 0 Å². The second-order valence-corrected chi connectivity index (χ2v) is 4.95. The van der Waals surface area contributed by atoms with E-state index >= 15 is 0 Å². The summed E-state index contributed by atoms with van der Waals surface area (Å²) in [6.07, 6.45) is 0. The quantitative estimate of drug-likeness (QED) is 0.677. The van der Waals surface area contributed by atoms with Crippen molar-refractivity contribution < 1.29 is 9.64 Å². The number of thiocarbonyl (C=S) groups is 1. The molecule has 0 aromatic heterocycles. The standard InChI is InChI=1S/C13H21N3OS/c1-10-5-6-12(17-4)11(9-10)15-13(18)14-7-8-16(2)3/h5-6,9H,7-8H2,1-4H3,(H2,14,15,18)/p+1. The Hall–Kier alpha value is -1.33. The molecule has 0 heterocycles. The molecule has 1 aromatic rings. The molecule has 1 rings (SSSR count). The first kappa shape index (κ1) is 14.7. The van der Waals surface area contributed by atoms with E-state index < -0.39 is 0 Å². The van der Waals surface area contributed by atoms with Gasteiger partial charge in [-0.25, -0.2) is 0 Å². The average Bonchev–Trinajstić information content (AvgIpc) is 2.28. The number of hydrogen-bond donors (Lipinski definition) is 3. The summed E-state index contributed by atoms with van der Waals surface area (Å²) in [5.41, 5.74) is 2.06. The predicted octanol–water partition coefficient (Wildman–Crippen LogP) is 0.435. The van der Waals surface area contributed by atoms with Crippen LogP contribution < -0.4 is 20.3 Å². The fourth-order valence-electron chi connectivity index (χ4n) is 1.51. The Labute approximate surface area is 114 Å². The van der Waals surface area contributed by atoms with Crippen LogP contribution in [0.2, 0.25) is 0 Å². The molecule has 0 saturated carbocycles. The Kier molecular flexibility index (Phi) is 5.88. The van der Waals surface area contributed by atoms with Crippen molar-refractivity contribution in [2.75, 3.05) is 39.6 Å². The van der Waals surface area contributed by atoms with Gasteiger partial charge in [0.05, 0.1) is 40.0 Å². The number of likely N-dealkylation sites (N-methyl/N-ethyl adjacent to an activating group) is 1. The smallest absolute Gasteiger partial charge is 0.171 e. The van der Waals surface area contributed by atoms with Crippen molar-refractivity contribution in [3.63, 3.8) is 0 Å². The largest absolute Gasteiger partial charge is 0.495 e. The zero-order chi connectivity index (χ0) is 13.5. The molecule has 0 atom stereocenters. The predicted molar refractivity (Wildman–Crippen MR) is 79.6 cm³/mol. The zero-order valence-electron chi connectivity index (χ0n) is 11.5. The maximum absolute atomic E-state index is 5.29. The number of quaternary nitrogens is 1. The molecule has 0 spiro atoms. The second-order valence-electron chi connectivity index (χ2n) is 4.54. The van der Waals surface area contributed by atoms with Gasteiger partial charge in [-0.05, 0) is 36.8 Å². The molecule has 0 aliphatic carbocycles. The van der Waals surface area contributed by atoms with Gasteiger partial charge >= 0.3 is 0 Å². The lowest BCUT2D eigenvalue weighted by molar-refractivity contribution is -0.856. The van der Waals surface area contributed by atoms with E-state index in [2.05, 4.69) is 24.7 Å². The van der Waals surface area contributed by atoms with Crippen molar-refractivity contribution in [1.29, 1.82) is 0 Å². The van der Waals surface area contributed by atoms with Crippen molar-refractivity contribution in [2.24, 2.45) is 0 Å². The molecule has 0 radical (unpaired) electrons. The SMILES string of the molecule is COc1ccc(C)cc1NC(=S)NCC[NH+](C)C. The Morgan fingerprint density at radius 2 is 2.11 bits per heavy atom. The summed E-state index contributed by atoms with van der Waals surface area (Å²) in [5, 5.41) is 6.96. The van der Waals surface area contributed by atoms with Crippen LogP contribution in [-0.2, 0) is 0 Å². The van der Waals surface area contributed by atoms with Gasteiger partial charge in [-0.1, -0.05) is 6.07 Å². The number of rotatable bonds is 5. The zero-order valence-corrected chi connectivity index (χ0v) is 12.3. The van der Waals surface area contributed by atoms with Gasteiger partial charge in [0.15, 0.2) is 5.11 Å². The number of aryl methyl sites for hydroxylation is 1. The third kappa shape index (κ3) is 4.89. The number of hydrogen-bond acceptors (Lipinski definition) is 2. The van der Waals surface area contributed by atoms with Gasteiger partial charge in [0, 0.05) is 0 Å². The van der Waals surface area contributed by atoms with Crippen LogP contribution >= 0.6 is 12.2 Å². The highest BCUT2D eigenvalue weighted by atomic mass is 32.1. The van der Waals surface area contributed by atoms with E-state index in [-0.39, 0.29) is 0 Å². The Morgan fingerprint density at radius 1 is 1.39 bits per heavy atom. The Morgan fingerprint density at radius 3 is 2.72 bits per heavy atom. The van der Waals surface area contributed by atoms with Crippen LogP contribution in [0.5, 0.6) is 5.75 Å². The molecule has 1 aromatic carbocycles. The average molecular weight is 268 g/mol. The molecule has 0 aliphatic rings. The molecule has 5 heteroatoms. The third-order valence-electron chi connectivity index (χ3n) is 2.51. The van der Waals surface area contributed by atoms with Crippen molar-refractivity contribution >= 4 is 23.0 Å². The van der Waals surface area contributed by atoms with Crippen LogP contribution in [0.15, 0.2) is 18.2 Å². The summed E-state index contributed by atoms with van der Waals surface area (Å²) in [4.78, 5) is 1.39. The topological polar surface area (TPSA) is 37.7 Å². The van der Waals surface area contributed by atoms with Crippen molar-refractivity contribution in [1.82, 2.24) is 5.32 Å². The molecule has 0 bridgehead atoms. The van der Waals surface area contributed by atoms with Crippen LogP contribution in [0.25, 0.3) is 0 Å². The number of anilines is 1. The fourth-order valence-corrected chi connectivity index (χ4v) is 1.72. The maximum Gasteiger partial charge on any atom is 0.171 e. The van der Waals surface area contributed by atoms with Crippen molar-refractivity contribution in [3.05, 3.63) is 23.8 Å². The van der Waals surface area contributed by atoms with E-state index in [0.717, 1.165) is 24.5 Å². The van der Waals surface area contributed by atoms with Crippen LogP contribution in [0, 0.1) is 6.92 Å². The monoisotopic (exact) mass is 268 g/mol. The Bertz CT molecular complexity index is 407. The molecule has 0 aliphatic heterocycles. The normalized spacial score (nSPS) is 10.3. The van der Waals surface area contributed by atoms with Crippen LogP contribution in [0.1, 0.15) is 5.56 Å². The summed E-state index contributed by atoms with van der Waals surface area (Å²) in [6, 6.07) is 5.96. The molecule has 0 saturated heterocycles. The van der Waals surface area contributed by atoms with Gasteiger partial charge in [-0.3, -0.25) is 0 Å². The summed E-state index contributed by atoms with van der Waals surface area (Å²) in [6.45, 7) is 3.91. The Balaban J connectivity index is 2.55. The van der Waals surface area contributed by atoms with Gasteiger partial charge in [0.2, 0.25) is 0 Å². The molecule has 0 fully saturated rings. The highest BCUT2D eigenvalue weighted by molar-refractivity contribution is 7.80. The summed E-state index contributed by atoms with van der Waals surface area (Å²) >= 11 is 5.25. The number of nitrogens with one attached hydrogen (secondary N) is 3. The highest BCUT2D eigenvalue weighted by Gasteiger charge is 2.05. The van der Waals surface area contributed by atoms with E-state index in [0.29, 0.717) is 5.11 Å². The molecule has 0 unspecified atom stereocenters. The molecule has 3 N–H and O–H groups in total. The summed E-state index contributed by atoms with van der Waals surface area (Å²) in [5.74, 6) is 0.794. The van der Waals surface area contributed by atoms with Gasteiger partial charge in [-0.2, -0.15) is 0 Å². The lowest BCUT2D eigenvalue weighted by Crippen LogP contribution is -3.06. The second kappa shape index (κ2) is 7.18. The molecule has 100 valence electrons. The third-order valence-corrected chi connectivity index (χ3v) is 2.76. The molecule has 0 amide bonds. The first-order valence-electron chi connectivity index (χ1n) is 6.01. The molecular formula is C13H22N3OS+. The van der Waals surface area contributed by atoms with Crippen LogP contribution in [-0.4, -0.2) is 39.4 Å². The number of methoxy groups -OCH3 is 1. The van der Waals surface area contributed by atoms with Gasteiger partial charge in [0.1, 0.15) is 5.75 Å². The molecular weight excluding hydrogens is 246 g/mol. The maximum atomic E-state index is 5.29. The van der Waals surface area contributed by atoms with Crippen molar-refractivity contribution in [2.45, 2.75) is 6.92 Å². The molecule has 4 nitrogen and oxygen atoms in total. The van der Waals surface area contributed by atoms with Gasteiger partial charge < -0.3 is 20.3 Å². The van der Waals surface area contributed by atoms with Crippen LogP contribution in [0.4, 0.5) is 5.69 Å². The minimum absolute atomic E-state index is 0.625. The van der Waals surface area contributed by atoms with Gasteiger partial charge in [0.25, 0.3) is 0 Å². The first-order chi connectivity index (χ1) is 8.52. The fraction of sp³-hybridized carbons (Fsp3) is 0.462. The highest BCUT2D eigenvalue weighted by Crippen LogP contribution is 2.24.